The number of aromatic nitrogens is 2. The van der Waals surface area contributed by atoms with Crippen molar-refractivity contribution in [3.8, 4) is 5.69 Å². The summed E-state index contributed by atoms with van der Waals surface area (Å²) in [7, 11) is 0. The van der Waals surface area contributed by atoms with E-state index in [0.29, 0.717) is 33.1 Å². The lowest BCUT2D eigenvalue weighted by Gasteiger charge is -2.32. The van der Waals surface area contributed by atoms with Gasteiger partial charge in [-0.3, -0.25) is 24.3 Å². The first-order valence-electron chi connectivity index (χ1n) is 12.4. The molecule has 2 fully saturated rings. The highest BCUT2D eigenvalue weighted by Gasteiger charge is 2.70. The summed E-state index contributed by atoms with van der Waals surface area (Å²) < 4.78 is 1.61. The molecule has 2 amide bonds. The van der Waals surface area contributed by atoms with E-state index >= 15 is 0 Å². The van der Waals surface area contributed by atoms with E-state index in [2.05, 4.69) is 5.32 Å². The SMILES string of the molecule is CC(C)[C@@H]1N[C@@]2(c3ccccc3-n3c2nc2ccccc2c3=O)[C@H]2C(=O)N(c3ccccc3Cl)C(=O)[C@@H]12. The van der Waals surface area contributed by atoms with Gasteiger partial charge in [0.05, 0.1) is 39.1 Å². The van der Waals surface area contributed by atoms with E-state index in [0.717, 1.165) is 5.56 Å². The summed E-state index contributed by atoms with van der Waals surface area (Å²) in [4.78, 5) is 48.4. The van der Waals surface area contributed by atoms with Gasteiger partial charge in [-0.05, 0) is 36.2 Å². The molecule has 4 atom stereocenters. The minimum Gasteiger partial charge on any atom is -0.296 e. The third kappa shape index (κ3) is 2.70. The standard InChI is InChI=1S/C29H23ClN4O3/c1-15(2)24-22-23(27(37)33(26(22)36)21-14-8-5-11-18(21)30)29(32-24)17-10-4-7-13-20(17)34-25(35)16-9-3-6-12-19(16)31-28(29)34/h3-15,22-24,32H,1-2H3/t22-,23-,24+,29+/m1/s1. The van der Waals surface area contributed by atoms with Gasteiger partial charge in [-0.15, -0.1) is 0 Å². The number of anilines is 1. The van der Waals surface area contributed by atoms with Crippen LogP contribution in [0.1, 0.15) is 25.2 Å². The lowest BCUT2D eigenvalue weighted by Crippen LogP contribution is -2.51. The number of hydrogen-bond acceptors (Lipinski definition) is 5. The predicted molar refractivity (Wildman–Crippen MR) is 141 cm³/mol. The Morgan fingerprint density at radius 3 is 2.32 bits per heavy atom. The molecule has 1 aromatic heterocycles. The molecule has 2 saturated heterocycles. The van der Waals surface area contributed by atoms with Gasteiger partial charge in [-0.1, -0.05) is 67.9 Å². The number of imide groups is 1. The Bertz CT molecular complexity index is 1710. The summed E-state index contributed by atoms with van der Waals surface area (Å²) in [6.45, 7) is 4.07. The van der Waals surface area contributed by atoms with Crippen LogP contribution < -0.4 is 15.8 Å². The highest BCUT2D eigenvalue weighted by Crippen LogP contribution is 2.56. The second-order valence-electron chi connectivity index (χ2n) is 10.3. The summed E-state index contributed by atoms with van der Waals surface area (Å²) in [5.41, 5.74) is 1.03. The molecular formula is C29H23ClN4O3. The van der Waals surface area contributed by atoms with Gasteiger partial charge in [-0.25, -0.2) is 9.88 Å². The fraction of sp³-hybridized carbons (Fsp3) is 0.241. The number of para-hydroxylation sites is 3. The number of hydrogen-bond donors (Lipinski definition) is 1. The number of fused-ring (bicyclic) bond motifs is 8. The van der Waals surface area contributed by atoms with Gasteiger partial charge in [0.2, 0.25) is 11.8 Å². The Balaban J connectivity index is 1.55. The van der Waals surface area contributed by atoms with Crippen LogP contribution in [0.25, 0.3) is 16.6 Å². The minimum absolute atomic E-state index is 0.0308. The number of rotatable bonds is 2. The average Bonchev–Trinajstić information content (AvgIpc) is 3.49. The molecule has 184 valence electrons. The molecule has 3 aliphatic rings. The zero-order valence-electron chi connectivity index (χ0n) is 20.2. The highest BCUT2D eigenvalue weighted by molar-refractivity contribution is 6.36. The van der Waals surface area contributed by atoms with Gasteiger partial charge in [0.25, 0.3) is 5.56 Å². The van der Waals surface area contributed by atoms with Crippen molar-refractivity contribution in [2.75, 3.05) is 4.90 Å². The summed E-state index contributed by atoms with van der Waals surface area (Å²) in [6, 6.07) is 21.3. The van der Waals surface area contributed by atoms with Gasteiger partial charge < -0.3 is 0 Å². The van der Waals surface area contributed by atoms with Crippen molar-refractivity contribution in [3.05, 3.63) is 99.6 Å². The van der Waals surface area contributed by atoms with Crippen molar-refractivity contribution in [1.82, 2.24) is 14.9 Å². The van der Waals surface area contributed by atoms with Crippen LogP contribution in [-0.4, -0.2) is 27.4 Å². The topological polar surface area (TPSA) is 84.3 Å². The molecule has 7 rings (SSSR count). The van der Waals surface area contributed by atoms with Crippen LogP contribution in [0, 0.1) is 17.8 Å². The lowest BCUT2D eigenvalue weighted by molar-refractivity contribution is -0.123. The molecule has 0 aliphatic carbocycles. The Morgan fingerprint density at radius 1 is 0.892 bits per heavy atom. The van der Waals surface area contributed by atoms with Gasteiger partial charge >= 0.3 is 0 Å². The van der Waals surface area contributed by atoms with E-state index in [4.69, 9.17) is 16.6 Å². The van der Waals surface area contributed by atoms with Crippen LogP contribution in [0.5, 0.6) is 0 Å². The Morgan fingerprint density at radius 2 is 1.57 bits per heavy atom. The second kappa shape index (κ2) is 7.60. The van der Waals surface area contributed by atoms with Crippen LogP contribution in [0.2, 0.25) is 5.02 Å². The first kappa shape index (κ1) is 22.4. The third-order valence-electron chi connectivity index (χ3n) is 8.11. The minimum atomic E-state index is -1.15. The maximum atomic E-state index is 14.3. The molecule has 0 radical (unpaired) electrons. The van der Waals surface area contributed by atoms with Gasteiger partial charge in [-0.2, -0.15) is 0 Å². The fourth-order valence-electron chi connectivity index (χ4n) is 6.59. The van der Waals surface area contributed by atoms with Crippen molar-refractivity contribution in [3.63, 3.8) is 0 Å². The highest BCUT2D eigenvalue weighted by atomic mass is 35.5. The van der Waals surface area contributed by atoms with Crippen LogP contribution in [0.3, 0.4) is 0 Å². The van der Waals surface area contributed by atoms with E-state index in [1.54, 1.807) is 41.0 Å². The van der Waals surface area contributed by atoms with Gasteiger partial charge in [0.15, 0.2) is 0 Å². The molecule has 4 heterocycles. The van der Waals surface area contributed by atoms with E-state index in [-0.39, 0.29) is 29.3 Å². The average molecular weight is 511 g/mol. The monoisotopic (exact) mass is 510 g/mol. The number of benzene rings is 3. The molecule has 3 aromatic carbocycles. The predicted octanol–water partition coefficient (Wildman–Crippen LogP) is 4.03. The van der Waals surface area contributed by atoms with Crippen molar-refractivity contribution < 1.29 is 9.59 Å². The first-order chi connectivity index (χ1) is 17.9. The van der Waals surface area contributed by atoms with Crippen molar-refractivity contribution in [2.45, 2.75) is 25.4 Å². The molecule has 1 spiro atoms. The van der Waals surface area contributed by atoms with Gasteiger partial charge in [0.1, 0.15) is 11.4 Å². The summed E-state index contributed by atoms with van der Waals surface area (Å²) in [6.07, 6.45) is 0. The van der Waals surface area contributed by atoms with E-state index in [1.165, 1.54) is 4.90 Å². The molecule has 0 bridgehead atoms. The van der Waals surface area contributed by atoms with E-state index in [1.807, 2.05) is 50.2 Å². The molecule has 3 aliphatic heterocycles. The van der Waals surface area contributed by atoms with Crippen molar-refractivity contribution >= 4 is 40.0 Å². The van der Waals surface area contributed by atoms with Crippen LogP contribution in [0.4, 0.5) is 5.69 Å². The maximum absolute atomic E-state index is 14.3. The summed E-state index contributed by atoms with van der Waals surface area (Å²) in [5.74, 6) is -1.60. The molecule has 7 nitrogen and oxygen atoms in total. The van der Waals surface area contributed by atoms with E-state index in [9.17, 15) is 14.4 Å². The van der Waals surface area contributed by atoms with Crippen LogP contribution in [0.15, 0.2) is 77.6 Å². The van der Waals surface area contributed by atoms with Gasteiger partial charge in [0, 0.05) is 11.6 Å². The van der Waals surface area contributed by atoms with E-state index < -0.39 is 17.4 Å². The lowest BCUT2D eigenvalue weighted by atomic mass is 9.75. The Hall–Kier alpha value is -3.81. The third-order valence-corrected chi connectivity index (χ3v) is 8.43. The Labute approximate surface area is 217 Å². The van der Waals surface area contributed by atoms with Crippen molar-refractivity contribution in [1.29, 1.82) is 0 Å². The quantitative estimate of drug-likeness (QED) is 0.412. The fourth-order valence-corrected chi connectivity index (χ4v) is 6.82. The summed E-state index contributed by atoms with van der Waals surface area (Å²) in [5, 5.41) is 4.53. The first-order valence-corrected chi connectivity index (χ1v) is 12.8. The largest absolute Gasteiger partial charge is 0.296 e. The summed E-state index contributed by atoms with van der Waals surface area (Å²) >= 11 is 6.47. The number of carbonyl (C=O) groups is 2. The van der Waals surface area contributed by atoms with Crippen LogP contribution in [-0.2, 0) is 15.1 Å². The van der Waals surface area contributed by atoms with Crippen molar-refractivity contribution in [2.24, 2.45) is 17.8 Å². The number of amides is 2. The molecular weight excluding hydrogens is 488 g/mol. The normalized spacial score (nSPS) is 25.8. The molecule has 37 heavy (non-hydrogen) atoms. The zero-order valence-corrected chi connectivity index (χ0v) is 20.9. The number of halogens is 1. The maximum Gasteiger partial charge on any atom is 0.266 e. The zero-order chi connectivity index (χ0) is 25.6. The molecule has 0 saturated carbocycles. The molecule has 1 N–H and O–H groups in total. The smallest absolute Gasteiger partial charge is 0.266 e. The molecule has 4 aromatic rings. The van der Waals surface area contributed by atoms with Crippen LogP contribution >= 0.6 is 11.6 Å². The Kier molecular flexibility index (Phi) is 4.60. The molecule has 8 heteroatoms. The number of nitrogens with zero attached hydrogens (tertiary/aromatic N) is 3. The number of carbonyl (C=O) groups excluding carboxylic acids is 2. The molecule has 0 unspecified atom stereocenters. The second-order valence-corrected chi connectivity index (χ2v) is 10.7. The number of nitrogens with one attached hydrogen (secondary N) is 1.